The second-order valence-electron chi connectivity index (χ2n) is 25.2. The zero-order valence-corrected chi connectivity index (χ0v) is 56.7. The van der Waals surface area contributed by atoms with Crippen LogP contribution in [0, 0.1) is 5.92 Å². The summed E-state index contributed by atoms with van der Waals surface area (Å²) < 4.78 is 0. The molecular weight excluding hydrogens is 1320 g/mol. The van der Waals surface area contributed by atoms with Crippen molar-refractivity contribution in [2.24, 2.45) is 28.1 Å². The summed E-state index contributed by atoms with van der Waals surface area (Å²) in [7, 11) is 0. The Morgan fingerprint density at radius 2 is 1.14 bits per heavy atom. The highest BCUT2D eigenvalue weighted by molar-refractivity contribution is 6.00. The lowest BCUT2D eigenvalue weighted by molar-refractivity contribution is -0.142. The fraction of sp³-hybridized carbons (Fsp3) is 0.400. The van der Waals surface area contributed by atoms with E-state index in [4.69, 9.17) is 17.2 Å². The van der Waals surface area contributed by atoms with Crippen molar-refractivity contribution < 1.29 is 72.9 Å². The van der Waals surface area contributed by atoms with E-state index in [1.54, 1.807) is 56.4 Å². The fourth-order valence-corrected chi connectivity index (χ4v) is 11.7. The van der Waals surface area contributed by atoms with Crippen LogP contribution in [0.4, 0.5) is 0 Å². The summed E-state index contributed by atoms with van der Waals surface area (Å²) in [6, 6.07) is 16.0. The van der Waals surface area contributed by atoms with Crippen LogP contribution in [0.3, 0.4) is 0 Å². The number of carboxylic acid groups (broad SMARTS) is 1. The lowest BCUT2D eigenvalue weighted by atomic mass is 9.98. The van der Waals surface area contributed by atoms with Crippen LogP contribution in [0.25, 0.3) is 22.0 Å². The Kier molecular flexibility index (Phi) is 29.0. The quantitative estimate of drug-likeness (QED) is 0.0125. The lowest BCUT2D eigenvalue weighted by Crippen LogP contribution is -2.61. The maximum Gasteiger partial charge on any atom is 0.303 e. The number of aliphatic carboxylic acids is 1. The number of hydrogen-bond donors (Lipinski definition) is 17. The Balaban J connectivity index is 1.18. The molecule has 1 saturated heterocycles. The number of H-pyrrole nitrogens is 2. The van der Waals surface area contributed by atoms with E-state index in [1.165, 1.54) is 41.7 Å². The maximum atomic E-state index is 15.2. The molecule has 0 saturated carbocycles. The molecule has 0 aliphatic carbocycles. The van der Waals surface area contributed by atoms with E-state index in [9.17, 15) is 63.3 Å². The van der Waals surface area contributed by atoms with Crippen LogP contribution in [0.5, 0.6) is 5.75 Å². The van der Waals surface area contributed by atoms with E-state index in [0.717, 1.165) is 18.1 Å². The number of nitrogens with one attached hydrogen (secondary N) is 11. The number of rotatable bonds is 38. The standard InChI is InChI=1S/C70H89N17O15/c1-39(2)29-52(62(95)80-51(15-9-27-75-70(72)73)69(102)87-28-10-16-58(87)68(101)77-36-59(71)91)81-63(96)53(30-41-17-21-44(22-18-41)43-11-5-4-6-12-43)82-64(97)54(31-42-19-23-47(90)24-20-42)83-67(100)57(37-88)86-65(98)55(32-45-34-76-49-14-8-7-13-48(45)49)84-66(99)56(33-46-35-74-38-78-46)85-61(94)50(79-40(3)89)25-26-60(92)93/h4-8,11-14,17-24,34-35,38-39,50-58,76,88,90H,9-10,15-16,25-33,36-37H2,1-3H3,(H2,71,91)(H,74,78)(H,77,101)(H,79,89)(H,80,95)(H,81,96)(H,82,97)(H,83,100)(H,84,99)(H,85,94)(H,86,98)(H,92,93)(H4,72,73,75)/t50-,51-,52-,53+,54-,55-,56-,57-,58-/m0/s1. The Morgan fingerprint density at radius 3 is 1.71 bits per heavy atom. The molecule has 1 fully saturated rings. The highest BCUT2D eigenvalue weighted by atomic mass is 16.4. The summed E-state index contributed by atoms with van der Waals surface area (Å²) >= 11 is 0. The number of aromatic nitrogens is 3. The van der Waals surface area contributed by atoms with Crippen molar-refractivity contribution in [1.82, 2.24) is 67.7 Å². The topological polar surface area (TPSA) is 512 Å². The van der Waals surface area contributed by atoms with Crippen molar-refractivity contribution in [3.8, 4) is 16.9 Å². The number of phenols is 1. The maximum absolute atomic E-state index is 15.2. The van der Waals surface area contributed by atoms with Gasteiger partial charge in [-0.1, -0.05) is 98.8 Å². The van der Waals surface area contributed by atoms with Crippen molar-refractivity contribution in [1.29, 1.82) is 0 Å². The predicted octanol–water partition coefficient (Wildman–Crippen LogP) is -1.02. The largest absolute Gasteiger partial charge is 0.508 e. The summed E-state index contributed by atoms with van der Waals surface area (Å²) in [6.45, 7) is 3.34. The monoisotopic (exact) mass is 1410 g/mol. The van der Waals surface area contributed by atoms with Crippen molar-refractivity contribution in [2.75, 3.05) is 26.2 Å². The number of primary amides is 1. The van der Waals surface area contributed by atoms with Gasteiger partial charge in [-0.05, 0) is 90.5 Å². The number of para-hydroxylation sites is 1. The molecule has 11 amide bonds. The number of nitrogens with two attached hydrogens (primary N) is 3. The van der Waals surface area contributed by atoms with E-state index in [0.29, 0.717) is 34.0 Å². The number of likely N-dealkylation sites (tertiary alicyclic amines) is 1. The molecule has 20 N–H and O–H groups in total. The number of guanidine groups is 1. The first-order chi connectivity index (χ1) is 48.7. The van der Waals surface area contributed by atoms with Crippen LogP contribution in [0.1, 0.15) is 88.1 Å². The molecule has 0 spiro atoms. The highest BCUT2D eigenvalue weighted by Gasteiger charge is 2.40. The van der Waals surface area contributed by atoms with Crippen LogP contribution >= 0.6 is 0 Å². The first kappa shape index (κ1) is 77.6. The number of hydrogen-bond acceptors (Lipinski definition) is 16. The van der Waals surface area contributed by atoms with Crippen molar-refractivity contribution in [2.45, 2.75) is 146 Å². The van der Waals surface area contributed by atoms with E-state index in [-0.39, 0.29) is 94.2 Å². The number of fused-ring (bicyclic) bond motifs is 1. The zero-order valence-electron chi connectivity index (χ0n) is 56.7. The van der Waals surface area contributed by atoms with Gasteiger partial charge in [0, 0.05) is 75.4 Å². The van der Waals surface area contributed by atoms with Gasteiger partial charge in [-0.25, -0.2) is 4.98 Å². The number of benzene rings is 4. The zero-order chi connectivity index (χ0) is 74.0. The Labute approximate surface area is 587 Å². The normalized spacial score (nSPS) is 15.0. The number of aliphatic hydroxyl groups is 1. The number of nitrogens with zero attached hydrogens (tertiary/aromatic N) is 3. The number of carbonyl (C=O) groups is 12. The average molecular weight is 1410 g/mol. The molecule has 1 aliphatic heterocycles. The smallest absolute Gasteiger partial charge is 0.303 e. The molecule has 32 heteroatoms. The van der Waals surface area contributed by atoms with Gasteiger partial charge in [-0.2, -0.15) is 0 Å². The Hall–Kier alpha value is -11.7. The Bertz CT molecular complexity index is 3920. The lowest BCUT2D eigenvalue weighted by Gasteiger charge is -2.30. The van der Waals surface area contributed by atoms with Crippen LogP contribution in [-0.4, -0.2) is 193 Å². The predicted molar refractivity (Wildman–Crippen MR) is 373 cm³/mol. The molecule has 9 atom stereocenters. The van der Waals surface area contributed by atoms with Crippen molar-refractivity contribution >= 4 is 87.8 Å². The highest BCUT2D eigenvalue weighted by Crippen LogP contribution is 2.24. The van der Waals surface area contributed by atoms with E-state index in [2.05, 4.69) is 67.8 Å². The first-order valence-electron chi connectivity index (χ1n) is 33.3. The molecule has 2 aromatic heterocycles. The average Bonchev–Trinajstić information content (AvgIpc) is 1.44. The molecule has 0 bridgehead atoms. The number of carboxylic acids is 1. The first-order valence-corrected chi connectivity index (χ1v) is 33.3. The van der Waals surface area contributed by atoms with Gasteiger partial charge in [0.1, 0.15) is 60.1 Å². The second-order valence-corrected chi connectivity index (χ2v) is 25.2. The van der Waals surface area contributed by atoms with Crippen LogP contribution in [0.2, 0.25) is 0 Å². The summed E-state index contributed by atoms with van der Waals surface area (Å²) in [6.07, 6.45) is 3.22. The molecule has 3 heterocycles. The van der Waals surface area contributed by atoms with E-state index in [1.807, 2.05) is 42.5 Å². The molecule has 0 unspecified atom stereocenters. The van der Waals surface area contributed by atoms with Gasteiger partial charge >= 0.3 is 5.97 Å². The minimum absolute atomic E-state index is 0.000342. The minimum Gasteiger partial charge on any atom is -0.508 e. The molecule has 1 aliphatic rings. The number of aromatic hydroxyl groups is 1. The van der Waals surface area contributed by atoms with Gasteiger partial charge in [0.25, 0.3) is 0 Å². The van der Waals surface area contributed by atoms with Gasteiger partial charge in [0.15, 0.2) is 5.96 Å². The summed E-state index contributed by atoms with van der Waals surface area (Å²) in [4.78, 5) is 181. The van der Waals surface area contributed by atoms with Gasteiger partial charge < -0.3 is 95.2 Å². The summed E-state index contributed by atoms with van der Waals surface area (Å²) in [5.74, 6) is -11.3. The number of amides is 11. The number of imidazole rings is 1. The van der Waals surface area contributed by atoms with Gasteiger partial charge in [0.2, 0.25) is 65.0 Å². The number of aliphatic hydroxyl groups excluding tert-OH is 1. The van der Waals surface area contributed by atoms with Gasteiger partial charge in [0.05, 0.1) is 25.2 Å². The number of phenolic OH excluding ortho intramolecular Hbond substituents is 1. The van der Waals surface area contributed by atoms with Crippen molar-refractivity contribution in [3.05, 3.63) is 144 Å². The number of carbonyl (C=O) groups excluding carboxylic acids is 11. The number of aliphatic imine (C=N–C) groups is 1. The van der Waals surface area contributed by atoms with E-state index >= 15 is 9.59 Å². The molecule has 0 radical (unpaired) electrons. The molecule has 7 rings (SSSR count). The minimum atomic E-state index is -1.86. The summed E-state index contributed by atoms with van der Waals surface area (Å²) in [5, 5.41) is 54.8. The van der Waals surface area contributed by atoms with Crippen LogP contribution in [-0.2, 0) is 83.2 Å². The molecular formula is C70H89N17O15. The molecule has 32 nitrogen and oxygen atoms in total. The molecule has 6 aromatic rings. The van der Waals surface area contributed by atoms with Crippen molar-refractivity contribution in [3.63, 3.8) is 0 Å². The van der Waals surface area contributed by atoms with Crippen LogP contribution in [0.15, 0.2) is 127 Å². The second kappa shape index (κ2) is 38.0. The third-order valence-electron chi connectivity index (χ3n) is 16.8. The van der Waals surface area contributed by atoms with Crippen LogP contribution < -0.4 is 65.1 Å². The Morgan fingerprint density at radius 1 is 0.608 bits per heavy atom. The van der Waals surface area contributed by atoms with E-state index < -0.39 is 145 Å². The molecule has 544 valence electrons. The number of aromatic amines is 2. The third kappa shape index (κ3) is 23.8. The molecule has 4 aromatic carbocycles. The SMILES string of the molecule is CC(=O)N[C@@H](CCC(=O)O)C(=O)N[C@@H](Cc1c[nH]cn1)C(=O)N[C@@H](Cc1c[nH]c2ccccc12)C(=O)N[C@@H](CO)C(=O)N[C@@H](Cc1ccc(O)cc1)C(=O)N[C@H](Cc1ccc(-c2ccccc2)cc1)C(=O)N[C@@H](CC(C)C)C(=O)N[C@@H](CCCN=C(N)N)C(=O)N1CCC[C@H]1C(=O)NCC(N)=O. The fourth-order valence-electron chi connectivity index (χ4n) is 11.7. The van der Waals surface area contributed by atoms with Gasteiger partial charge in [-0.3, -0.25) is 62.5 Å². The molecule has 102 heavy (non-hydrogen) atoms. The third-order valence-corrected chi connectivity index (χ3v) is 16.8. The summed E-state index contributed by atoms with van der Waals surface area (Å²) in [5.41, 5.74) is 20.5. The van der Waals surface area contributed by atoms with Gasteiger partial charge in [-0.15, -0.1) is 0 Å².